The summed E-state index contributed by atoms with van der Waals surface area (Å²) >= 11 is 0. The maximum Gasteiger partial charge on any atom is 0.397 e. The van der Waals surface area contributed by atoms with E-state index in [9.17, 15) is 8.42 Å². The lowest BCUT2D eigenvalue weighted by molar-refractivity contribution is 0.324. The zero-order valence-corrected chi connectivity index (χ0v) is 7.60. The van der Waals surface area contributed by atoms with Gasteiger partial charge in [0, 0.05) is 0 Å². The molecule has 0 aliphatic rings. The first-order chi connectivity index (χ1) is 4.97. The van der Waals surface area contributed by atoms with Crippen LogP contribution >= 0.6 is 0 Å². The topological polar surface area (TPSA) is 89.6 Å². The van der Waals surface area contributed by atoms with E-state index in [1.54, 1.807) is 0 Å². The van der Waals surface area contributed by atoms with Gasteiger partial charge in [-0.1, -0.05) is 13.3 Å². The first kappa shape index (κ1) is 13.4. The van der Waals surface area contributed by atoms with E-state index >= 15 is 0 Å². The minimum absolute atomic E-state index is 0.844. The Morgan fingerprint density at radius 3 is 1.91 bits per heavy atom. The fraction of sp³-hybridized carbons (Fsp3) is 1.00. The van der Waals surface area contributed by atoms with Crippen LogP contribution in [0.4, 0.5) is 0 Å². The summed E-state index contributed by atoms with van der Waals surface area (Å²) < 4.78 is 29.7. The number of hydrogen-bond acceptors (Lipinski definition) is 4. The second-order valence-corrected chi connectivity index (χ2v) is 2.93. The van der Waals surface area contributed by atoms with Crippen LogP contribution < -0.4 is 5.73 Å². The molecular weight excluding hydrogens is 170 g/mol. The average molecular weight is 185 g/mol. The maximum absolute atomic E-state index is 9.33. The minimum atomic E-state index is -4.16. The highest BCUT2D eigenvalue weighted by Crippen LogP contribution is 1.77. The van der Waals surface area contributed by atoms with Gasteiger partial charge in [0.15, 0.2) is 0 Å². The Hall–Kier alpha value is -0.170. The molecule has 11 heavy (non-hydrogen) atoms. The van der Waals surface area contributed by atoms with Crippen molar-refractivity contribution in [2.45, 2.75) is 19.8 Å². The number of unbranched alkanes of at least 4 members (excludes halogenated alkanes) is 1. The predicted octanol–water partition coefficient (Wildman–Crippen LogP) is 0.181. The fourth-order valence-electron chi connectivity index (χ4n) is 0.204. The summed E-state index contributed by atoms with van der Waals surface area (Å²) in [6.45, 7) is 2.98. The van der Waals surface area contributed by atoms with Gasteiger partial charge in [0.1, 0.15) is 0 Å². The van der Waals surface area contributed by atoms with E-state index in [4.69, 9.17) is 10.3 Å². The van der Waals surface area contributed by atoms with Crippen molar-refractivity contribution in [1.82, 2.24) is 0 Å². The molecule has 0 aromatic heterocycles. The van der Waals surface area contributed by atoms with Gasteiger partial charge in [-0.3, -0.25) is 8.74 Å². The molecule has 0 aliphatic heterocycles. The summed E-state index contributed by atoms with van der Waals surface area (Å²) in [4.78, 5) is 0. The molecule has 0 aromatic carbocycles. The van der Waals surface area contributed by atoms with Crippen molar-refractivity contribution in [2.24, 2.45) is 5.73 Å². The Kier molecular flexibility index (Phi) is 9.68. The first-order valence-corrected chi connectivity index (χ1v) is 4.57. The molecule has 0 saturated carbocycles. The van der Waals surface area contributed by atoms with Crippen LogP contribution in [0.25, 0.3) is 0 Å². The lowest BCUT2D eigenvalue weighted by Gasteiger charge is -1.82. The van der Waals surface area contributed by atoms with Crippen molar-refractivity contribution in [3.8, 4) is 0 Å². The van der Waals surface area contributed by atoms with Crippen LogP contribution in [0.2, 0.25) is 0 Å². The molecule has 0 rings (SSSR count). The highest BCUT2D eigenvalue weighted by molar-refractivity contribution is 7.80. The van der Waals surface area contributed by atoms with Crippen molar-refractivity contribution in [2.75, 3.05) is 13.7 Å². The van der Waals surface area contributed by atoms with Crippen molar-refractivity contribution in [3.05, 3.63) is 0 Å². The molecule has 0 radical (unpaired) electrons. The normalized spacial score (nSPS) is 10.2. The van der Waals surface area contributed by atoms with Gasteiger partial charge in [-0.05, 0) is 13.0 Å². The van der Waals surface area contributed by atoms with E-state index in [2.05, 4.69) is 11.1 Å². The SMILES string of the molecule is CCCCN.COS(=O)(=O)O. The van der Waals surface area contributed by atoms with Crippen molar-refractivity contribution < 1.29 is 17.2 Å². The quantitative estimate of drug-likeness (QED) is 0.612. The van der Waals surface area contributed by atoms with Gasteiger partial charge in [-0.2, -0.15) is 8.42 Å². The van der Waals surface area contributed by atoms with Gasteiger partial charge in [0.2, 0.25) is 0 Å². The van der Waals surface area contributed by atoms with Crippen LogP contribution in [-0.4, -0.2) is 26.6 Å². The van der Waals surface area contributed by atoms with E-state index in [0.29, 0.717) is 0 Å². The van der Waals surface area contributed by atoms with Gasteiger partial charge in [-0.15, -0.1) is 0 Å². The Balaban J connectivity index is 0. The Morgan fingerprint density at radius 2 is 1.91 bits per heavy atom. The highest BCUT2D eigenvalue weighted by Gasteiger charge is 1.93. The molecule has 0 atom stereocenters. The minimum Gasteiger partial charge on any atom is -0.330 e. The number of nitrogens with two attached hydrogens (primary N) is 1. The summed E-state index contributed by atoms with van der Waals surface area (Å²) in [7, 11) is -3.29. The molecule has 0 heterocycles. The van der Waals surface area contributed by atoms with E-state index in [1.807, 2.05) is 0 Å². The largest absolute Gasteiger partial charge is 0.397 e. The average Bonchev–Trinajstić information content (AvgIpc) is 1.90. The number of rotatable bonds is 3. The third-order valence-corrected chi connectivity index (χ3v) is 1.19. The molecule has 0 aromatic rings. The maximum atomic E-state index is 9.33. The smallest absolute Gasteiger partial charge is 0.330 e. The van der Waals surface area contributed by atoms with Gasteiger partial charge >= 0.3 is 10.4 Å². The van der Waals surface area contributed by atoms with E-state index in [1.165, 1.54) is 12.8 Å². The van der Waals surface area contributed by atoms with Crippen LogP contribution in [0.15, 0.2) is 0 Å². The Bertz CT molecular complexity index is 152. The van der Waals surface area contributed by atoms with Crippen LogP contribution in [0.5, 0.6) is 0 Å². The zero-order chi connectivity index (χ0) is 9.33. The van der Waals surface area contributed by atoms with Gasteiger partial charge in [0.05, 0.1) is 7.11 Å². The molecule has 3 N–H and O–H groups in total. The molecule has 70 valence electrons. The summed E-state index contributed by atoms with van der Waals surface area (Å²) in [5.74, 6) is 0. The van der Waals surface area contributed by atoms with Crippen molar-refractivity contribution in [3.63, 3.8) is 0 Å². The zero-order valence-electron chi connectivity index (χ0n) is 6.78. The van der Waals surface area contributed by atoms with Crippen LogP contribution in [0.3, 0.4) is 0 Å². The summed E-state index contributed by atoms with van der Waals surface area (Å²) in [6.07, 6.45) is 2.39. The van der Waals surface area contributed by atoms with E-state index in [-0.39, 0.29) is 0 Å². The van der Waals surface area contributed by atoms with E-state index in [0.717, 1.165) is 13.7 Å². The van der Waals surface area contributed by atoms with Crippen LogP contribution in [0, 0.1) is 0 Å². The van der Waals surface area contributed by atoms with Crippen molar-refractivity contribution in [1.29, 1.82) is 0 Å². The third kappa shape index (κ3) is 25.8. The Labute approximate surface area is 67.5 Å². The molecule has 6 heteroatoms. The van der Waals surface area contributed by atoms with Gasteiger partial charge < -0.3 is 5.73 Å². The van der Waals surface area contributed by atoms with Crippen LogP contribution in [0.1, 0.15) is 19.8 Å². The summed E-state index contributed by atoms with van der Waals surface area (Å²) in [5.41, 5.74) is 5.14. The number of hydrogen-bond donors (Lipinski definition) is 2. The summed E-state index contributed by atoms with van der Waals surface area (Å²) in [5, 5.41) is 0. The molecule has 0 amide bonds. The monoisotopic (exact) mass is 185 g/mol. The Morgan fingerprint density at radius 1 is 1.55 bits per heavy atom. The van der Waals surface area contributed by atoms with Crippen molar-refractivity contribution >= 4 is 10.4 Å². The molecule has 0 spiro atoms. The molecule has 0 aliphatic carbocycles. The van der Waals surface area contributed by atoms with Gasteiger partial charge in [-0.25, -0.2) is 0 Å². The lowest BCUT2D eigenvalue weighted by atomic mass is 10.3. The molecule has 5 nitrogen and oxygen atoms in total. The molecule has 0 saturated heterocycles. The summed E-state index contributed by atoms with van der Waals surface area (Å²) in [6, 6.07) is 0. The molecular formula is C5H15NO4S. The second-order valence-electron chi connectivity index (χ2n) is 1.74. The highest BCUT2D eigenvalue weighted by atomic mass is 32.3. The second kappa shape index (κ2) is 7.93. The van der Waals surface area contributed by atoms with E-state index < -0.39 is 10.4 Å². The first-order valence-electron chi connectivity index (χ1n) is 3.21. The molecule has 0 unspecified atom stereocenters. The lowest BCUT2D eigenvalue weighted by Crippen LogP contribution is -1.96. The predicted molar refractivity (Wildman–Crippen MR) is 42.5 cm³/mol. The van der Waals surface area contributed by atoms with Gasteiger partial charge in [0.25, 0.3) is 0 Å². The molecule has 0 fully saturated rings. The fourth-order valence-corrected chi connectivity index (χ4v) is 0.204. The van der Waals surface area contributed by atoms with Crippen LogP contribution in [-0.2, 0) is 14.6 Å². The standard InChI is InChI=1S/C4H11N.CH4O4S/c1-2-3-4-5;1-5-6(2,3)4/h2-5H2,1H3;1H3,(H,2,3,4). The molecule has 0 bridgehead atoms. The third-order valence-electron chi connectivity index (χ3n) is 0.768.